The normalized spacial score (nSPS) is 15.1. The minimum atomic E-state index is -0.592. The number of fused-ring (bicyclic) bond motifs is 4. The van der Waals surface area contributed by atoms with E-state index >= 15 is 0 Å². The van der Waals surface area contributed by atoms with Gasteiger partial charge in [-0.3, -0.25) is 13.7 Å². The first kappa shape index (κ1) is 21.6. The molecule has 3 heterocycles. The third-order valence-corrected chi connectivity index (χ3v) is 9.71. The first-order valence-corrected chi connectivity index (χ1v) is 17.9. The van der Waals surface area contributed by atoms with E-state index in [2.05, 4.69) is 25.2 Å². The van der Waals surface area contributed by atoms with Crippen molar-refractivity contribution in [1.82, 2.24) is 14.1 Å². The average Bonchev–Trinajstić information content (AvgIpc) is 3.92. The molecule has 0 spiro atoms. The molecule has 7 aromatic carbocycles. The molecule has 268 valence electrons. The average molecular weight is 737 g/mol. The topological polar surface area (TPSA) is 35.9 Å². The summed E-state index contributed by atoms with van der Waals surface area (Å²) in [6.45, 7) is 4.10. The Morgan fingerprint density at radius 1 is 0.625 bits per heavy atom. The minimum Gasteiger partial charge on any atom is -0.458 e. The molecule has 3 aromatic heterocycles. The van der Waals surface area contributed by atoms with E-state index in [1.165, 1.54) is 0 Å². The van der Waals surface area contributed by atoms with Crippen molar-refractivity contribution in [3.05, 3.63) is 200 Å². The highest BCUT2D eigenvalue weighted by molar-refractivity contribution is 6.09. The molecular formula is C51H38N4O. The van der Waals surface area contributed by atoms with Crippen molar-refractivity contribution in [2.45, 2.75) is 19.8 Å². The fraction of sp³-hybridized carbons (Fsp3) is 0.0588. The Hall–Kier alpha value is -7.24. The van der Waals surface area contributed by atoms with Gasteiger partial charge in [-0.1, -0.05) is 141 Å². The second kappa shape index (κ2) is 13.9. The molecule has 0 aliphatic rings. The van der Waals surface area contributed by atoms with Crippen LogP contribution in [0.5, 0.6) is 11.5 Å². The fourth-order valence-electron chi connectivity index (χ4n) is 7.11. The lowest BCUT2D eigenvalue weighted by Gasteiger charge is -2.17. The highest BCUT2D eigenvalue weighted by Crippen LogP contribution is 2.37. The third kappa shape index (κ3) is 5.82. The first-order chi connectivity index (χ1) is 33.4. The zero-order valence-electron chi connectivity index (χ0n) is 44.1. The first-order valence-electron chi connectivity index (χ1n) is 24.9. The second-order valence-corrected chi connectivity index (χ2v) is 13.4. The number of hydrogen-bond donors (Lipinski definition) is 0. The van der Waals surface area contributed by atoms with Gasteiger partial charge in [0.1, 0.15) is 17.3 Å². The van der Waals surface area contributed by atoms with E-state index in [0.29, 0.717) is 50.3 Å². The number of nitrogens with zero attached hydrogens (tertiary/aromatic N) is 4. The van der Waals surface area contributed by atoms with Gasteiger partial charge in [0, 0.05) is 23.0 Å². The van der Waals surface area contributed by atoms with Crippen molar-refractivity contribution in [3.63, 3.8) is 0 Å². The van der Waals surface area contributed by atoms with Crippen LogP contribution in [0.2, 0.25) is 0 Å². The van der Waals surface area contributed by atoms with Gasteiger partial charge < -0.3 is 4.74 Å². The minimum absolute atomic E-state index is 0.120. The van der Waals surface area contributed by atoms with Crippen LogP contribution < -0.4 is 9.30 Å². The van der Waals surface area contributed by atoms with E-state index in [0.717, 1.165) is 5.56 Å². The van der Waals surface area contributed by atoms with Crippen LogP contribution in [0.25, 0.3) is 72.3 Å². The van der Waals surface area contributed by atoms with E-state index in [4.69, 9.17) is 23.9 Å². The van der Waals surface area contributed by atoms with Crippen LogP contribution in [0, 0.1) is 6.33 Å². The molecule has 10 rings (SSSR count). The van der Waals surface area contributed by atoms with Gasteiger partial charge in [0.15, 0.2) is 0 Å². The lowest BCUT2D eigenvalue weighted by molar-refractivity contribution is -0.571. The van der Waals surface area contributed by atoms with Gasteiger partial charge in [-0.25, -0.2) is 4.98 Å². The number of pyridine rings is 1. The van der Waals surface area contributed by atoms with Gasteiger partial charge in [0.25, 0.3) is 6.33 Å². The number of benzene rings is 7. The molecule has 0 amide bonds. The molecule has 0 atom stereocenters. The monoisotopic (exact) mass is 736 g/mol. The Morgan fingerprint density at radius 2 is 1.32 bits per heavy atom. The molecule has 0 saturated heterocycles. The van der Waals surface area contributed by atoms with E-state index in [9.17, 15) is 0 Å². The molecule has 0 unspecified atom stereocenters. The summed E-state index contributed by atoms with van der Waals surface area (Å²) in [6.07, 6.45) is 5.06. The van der Waals surface area contributed by atoms with Gasteiger partial charge in [0.05, 0.1) is 52.6 Å². The van der Waals surface area contributed by atoms with E-state index in [1.807, 2.05) is 30.3 Å². The number of rotatable bonds is 8. The maximum absolute atomic E-state index is 8.99. The van der Waals surface area contributed by atoms with E-state index in [1.54, 1.807) is 86.6 Å². The molecule has 0 aliphatic heterocycles. The van der Waals surface area contributed by atoms with Gasteiger partial charge in [0.2, 0.25) is 0 Å². The number of para-hydroxylation sites is 4. The summed E-state index contributed by atoms with van der Waals surface area (Å²) in [5, 5.41) is 0.919. The largest absolute Gasteiger partial charge is 0.458 e. The molecule has 0 N–H and O–H groups in total. The van der Waals surface area contributed by atoms with Crippen LogP contribution in [0.15, 0.2) is 188 Å². The molecular weight excluding hydrogens is 685 g/mol. The predicted molar refractivity (Wildman–Crippen MR) is 227 cm³/mol. The zero-order chi connectivity index (χ0) is 49.8. The van der Waals surface area contributed by atoms with Crippen LogP contribution in [-0.4, -0.2) is 14.1 Å². The maximum Gasteiger partial charge on any atom is 0.269 e. The highest BCUT2D eigenvalue weighted by Gasteiger charge is 2.20. The van der Waals surface area contributed by atoms with Crippen molar-refractivity contribution < 1.29 is 28.5 Å². The van der Waals surface area contributed by atoms with Crippen molar-refractivity contribution in [1.29, 1.82) is 0 Å². The summed E-state index contributed by atoms with van der Waals surface area (Å²) in [4.78, 5) is 4.66. The molecule has 5 heteroatoms. The fourth-order valence-corrected chi connectivity index (χ4v) is 7.11. The molecule has 10 aromatic rings. The Bertz CT molecular complexity index is 3720. The van der Waals surface area contributed by atoms with Crippen molar-refractivity contribution in [3.8, 4) is 50.9 Å². The Kier molecular flexibility index (Phi) is 5.35. The maximum atomic E-state index is 8.99. The molecule has 0 aliphatic carbocycles. The summed E-state index contributed by atoms with van der Waals surface area (Å²) < 4.78 is 133. The predicted octanol–water partition coefficient (Wildman–Crippen LogP) is 12.4. The number of imidazole rings is 1. The molecule has 0 radical (unpaired) electrons. The quantitative estimate of drug-likeness (QED) is 0.115. The van der Waals surface area contributed by atoms with Gasteiger partial charge in [-0.15, -0.1) is 0 Å². The lowest BCUT2D eigenvalue weighted by atomic mass is 9.95. The van der Waals surface area contributed by atoms with Crippen LogP contribution in [0.1, 0.15) is 44.5 Å². The molecule has 56 heavy (non-hydrogen) atoms. The van der Waals surface area contributed by atoms with Gasteiger partial charge >= 0.3 is 0 Å². The van der Waals surface area contributed by atoms with Gasteiger partial charge in [-0.2, -0.15) is 0 Å². The SMILES string of the molecule is [2H]c1c([2H])c([2H])c(-c2cccc(-c3c([2H])c([2H])c([2H])c([2H])c3[2H])c2-[n+]2[c-]n(-c3cccc(Oc4ccc5c6c([2H])c([2H])c([2H])c([2H])c6n(-c6cc(C(C)C)ccn6)c5c4)c3)c3ccccc32)c([2H])c1[2H]. The summed E-state index contributed by atoms with van der Waals surface area (Å²) >= 11 is 0. The van der Waals surface area contributed by atoms with Gasteiger partial charge in [-0.05, 0) is 82.2 Å². The number of hydrogen-bond acceptors (Lipinski definition) is 2. The zero-order valence-corrected chi connectivity index (χ0v) is 30.1. The summed E-state index contributed by atoms with van der Waals surface area (Å²) in [7, 11) is 0. The summed E-state index contributed by atoms with van der Waals surface area (Å²) in [5.41, 5.74) is 3.50. The molecule has 0 saturated carbocycles. The Balaban J connectivity index is 1.16. The van der Waals surface area contributed by atoms with Crippen LogP contribution in [0.3, 0.4) is 0 Å². The summed E-state index contributed by atoms with van der Waals surface area (Å²) in [5.74, 6) is 1.40. The van der Waals surface area contributed by atoms with Crippen LogP contribution in [0.4, 0.5) is 0 Å². The molecule has 5 nitrogen and oxygen atoms in total. The lowest BCUT2D eigenvalue weighted by Crippen LogP contribution is -2.31. The highest BCUT2D eigenvalue weighted by atomic mass is 16.5. The number of aromatic nitrogens is 4. The second-order valence-electron chi connectivity index (χ2n) is 13.4. The van der Waals surface area contributed by atoms with Crippen molar-refractivity contribution in [2.75, 3.05) is 0 Å². The molecule has 0 fully saturated rings. The summed E-state index contributed by atoms with van der Waals surface area (Å²) in [6, 6.07) is 21.4. The van der Waals surface area contributed by atoms with Crippen LogP contribution in [-0.2, 0) is 0 Å². The van der Waals surface area contributed by atoms with E-state index in [-0.39, 0.29) is 63.5 Å². The standard InChI is InChI=1S/C51H38N4O/c1-35(2)38-29-30-52-50(31-38)55-46-24-10-9-21-44(46)45-28-27-41(33-49(45)55)56-40-20-13-19-39(32-40)53-34-54(48-26-12-11-25-47(48)53)51-42(36-15-5-3-6-16-36)22-14-23-43(51)37-17-7-4-8-18-37/h3-33,35H,1-2H3/i3D,4D,5D,6D,7D,8D,9D,10D,15D,16D,17D,18D,21D,24D. The van der Waals surface area contributed by atoms with E-state index < -0.39 is 60.4 Å². The smallest absolute Gasteiger partial charge is 0.269 e. The number of ether oxygens (including phenoxy) is 1. The van der Waals surface area contributed by atoms with Crippen molar-refractivity contribution >= 4 is 32.8 Å². The Labute approximate surface area is 345 Å². The Morgan fingerprint density at radius 3 is 2.09 bits per heavy atom. The third-order valence-electron chi connectivity index (χ3n) is 9.71. The van der Waals surface area contributed by atoms with Crippen LogP contribution >= 0.6 is 0 Å². The molecule has 0 bridgehead atoms. The van der Waals surface area contributed by atoms with Crippen molar-refractivity contribution in [2.24, 2.45) is 0 Å².